The average Bonchev–Trinajstić information content (AvgIpc) is 2.81. The summed E-state index contributed by atoms with van der Waals surface area (Å²) in [5.41, 5.74) is 7.67. The lowest BCUT2D eigenvalue weighted by atomic mass is 10.0. The third-order valence-corrected chi connectivity index (χ3v) is 5.04. The minimum atomic E-state index is 0.628. The van der Waals surface area contributed by atoms with Crippen molar-refractivity contribution in [3.8, 4) is 6.07 Å². The highest BCUT2D eigenvalue weighted by molar-refractivity contribution is 7.98. The summed E-state index contributed by atoms with van der Waals surface area (Å²) in [5.74, 6) is 0.874. The third-order valence-electron chi connectivity index (χ3n) is 3.36. The lowest BCUT2D eigenvalue weighted by Gasteiger charge is -2.27. The first-order valence-corrected chi connectivity index (χ1v) is 8.20. The number of nitrogens with zero attached hydrogens (tertiary/aromatic N) is 4. The highest BCUT2D eigenvalue weighted by Gasteiger charge is 2.24. The zero-order valence-corrected chi connectivity index (χ0v) is 12.6. The molecular formula is C13H13N5S2. The molecule has 0 unspecified atom stereocenters. The summed E-state index contributed by atoms with van der Waals surface area (Å²) in [7, 11) is 0. The second-order valence-corrected chi connectivity index (χ2v) is 6.42. The van der Waals surface area contributed by atoms with Crippen LogP contribution in [0.25, 0.3) is 0 Å². The van der Waals surface area contributed by atoms with Crippen molar-refractivity contribution in [1.29, 1.82) is 5.26 Å². The molecular weight excluding hydrogens is 290 g/mol. The lowest BCUT2D eigenvalue weighted by Crippen LogP contribution is -2.30. The minimum Gasteiger partial charge on any atom is -0.389 e. The van der Waals surface area contributed by atoms with Crippen molar-refractivity contribution in [3.05, 3.63) is 28.1 Å². The molecule has 0 aliphatic carbocycles. The predicted molar refractivity (Wildman–Crippen MR) is 82.0 cm³/mol. The van der Waals surface area contributed by atoms with E-state index in [1.54, 1.807) is 11.8 Å². The quantitative estimate of drug-likeness (QED) is 0.857. The second-order valence-electron chi connectivity index (χ2n) is 4.46. The SMILES string of the molecule is CSc1ccc(N2CCc3c(sc(N)c3C#N)C2)nn1. The molecule has 5 nitrogen and oxygen atoms in total. The molecule has 0 aromatic carbocycles. The standard InChI is InChI=1S/C13H13N5S2/c1-19-12-3-2-11(16-17-12)18-5-4-8-9(6-14)13(15)20-10(8)7-18/h2-3H,4-5,7,15H2,1H3. The second kappa shape index (κ2) is 5.31. The van der Waals surface area contributed by atoms with Crippen molar-refractivity contribution >= 4 is 33.9 Å². The van der Waals surface area contributed by atoms with Crippen LogP contribution in [-0.4, -0.2) is 23.0 Å². The van der Waals surface area contributed by atoms with Gasteiger partial charge in [0.05, 0.1) is 12.1 Å². The summed E-state index contributed by atoms with van der Waals surface area (Å²) in [4.78, 5) is 3.34. The topological polar surface area (TPSA) is 78.8 Å². The zero-order chi connectivity index (χ0) is 14.1. The van der Waals surface area contributed by atoms with Crippen LogP contribution in [0, 0.1) is 11.3 Å². The summed E-state index contributed by atoms with van der Waals surface area (Å²) in [5, 5.41) is 19.1. The van der Waals surface area contributed by atoms with Crippen LogP contribution in [0.1, 0.15) is 16.0 Å². The number of nitriles is 1. The van der Waals surface area contributed by atoms with Gasteiger partial charge in [-0.15, -0.1) is 33.3 Å². The van der Waals surface area contributed by atoms with Gasteiger partial charge in [-0.3, -0.25) is 0 Å². The summed E-state index contributed by atoms with van der Waals surface area (Å²) >= 11 is 3.09. The maximum Gasteiger partial charge on any atom is 0.151 e. The number of nitrogen functional groups attached to an aromatic ring is 1. The number of fused-ring (bicyclic) bond motifs is 1. The summed E-state index contributed by atoms with van der Waals surface area (Å²) in [6.45, 7) is 1.59. The van der Waals surface area contributed by atoms with Gasteiger partial charge in [0.25, 0.3) is 0 Å². The largest absolute Gasteiger partial charge is 0.389 e. The van der Waals surface area contributed by atoms with E-state index in [-0.39, 0.29) is 0 Å². The number of rotatable bonds is 2. The average molecular weight is 303 g/mol. The van der Waals surface area contributed by atoms with Gasteiger partial charge in [0, 0.05) is 11.4 Å². The molecule has 0 atom stereocenters. The van der Waals surface area contributed by atoms with Crippen LogP contribution in [0.15, 0.2) is 17.2 Å². The van der Waals surface area contributed by atoms with E-state index in [1.165, 1.54) is 16.2 Å². The molecule has 0 saturated carbocycles. The van der Waals surface area contributed by atoms with Crippen LogP contribution < -0.4 is 10.6 Å². The predicted octanol–water partition coefficient (Wildman–Crippen LogP) is 2.28. The lowest BCUT2D eigenvalue weighted by molar-refractivity contribution is 0.717. The van der Waals surface area contributed by atoms with E-state index in [1.807, 2.05) is 18.4 Å². The molecule has 1 aliphatic rings. The van der Waals surface area contributed by atoms with E-state index >= 15 is 0 Å². The van der Waals surface area contributed by atoms with Crippen LogP contribution in [0.5, 0.6) is 0 Å². The summed E-state index contributed by atoms with van der Waals surface area (Å²) < 4.78 is 0. The van der Waals surface area contributed by atoms with Crippen LogP contribution in [0.2, 0.25) is 0 Å². The highest BCUT2D eigenvalue weighted by atomic mass is 32.2. The molecule has 2 N–H and O–H groups in total. The molecule has 2 aromatic heterocycles. The molecule has 0 spiro atoms. The van der Waals surface area contributed by atoms with Gasteiger partial charge in [-0.1, -0.05) is 0 Å². The Hall–Kier alpha value is -1.78. The number of aromatic nitrogens is 2. The van der Waals surface area contributed by atoms with Gasteiger partial charge in [0.2, 0.25) is 0 Å². The van der Waals surface area contributed by atoms with Gasteiger partial charge in [0.1, 0.15) is 16.1 Å². The fraction of sp³-hybridized carbons (Fsp3) is 0.308. The molecule has 0 radical (unpaired) electrons. The first-order chi connectivity index (χ1) is 9.72. The van der Waals surface area contributed by atoms with Gasteiger partial charge < -0.3 is 10.6 Å². The highest BCUT2D eigenvalue weighted by Crippen LogP contribution is 2.35. The molecule has 3 rings (SSSR count). The number of thioether (sulfide) groups is 1. The minimum absolute atomic E-state index is 0.628. The summed E-state index contributed by atoms with van der Waals surface area (Å²) in [6, 6.07) is 6.18. The Morgan fingerprint density at radius 1 is 1.45 bits per heavy atom. The van der Waals surface area contributed by atoms with Crippen molar-refractivity contribution in [2.24, 2.45) is 0 Å². The molecule has 1 aliphatic heterocycles. The van der Waals surface area contributed by atoms with Crippen LogP contribution >= 0.6 is 23.1 Å². The van der Waals surface area contributed by atoms with E-state index in [2.05, 4.69) is 21.2 Å². The van der Waals surface area contributed by atoms with Crippen LogP contribution in [0.3, 0.4) is 0 Å². The van der Waals surface area contributed by atoms with Gasteiger partial charge in [-0.05, 0) is 30.4 Å². The smallest absolute Gasteiger partial charge is 0.151 e. The van der Waals surface area contributed by atoms with E-state index in [0.717, 1.165) is 35.9 Å². The van der Waals surface area contributed by atoms with E-state index in [9.17, 15) is 0 Å². The van der Waals surface area contributed by atoms with Crippen molar-refractivity contribution in [3.63, 3.8) is 0 Å². The monoisotopic (exact) mass is 303 g/mol. The Morgan fingerprint density at radius 2 is 2.30 bits per heavy atom. The van der Waals surface area contributed by atoms with Crippen molar-refractivity contribution in [2.45, 2.75) is 18.0 Å². The maximum absolute atomic E-state index is 9.14. The molecule has 0 saturated heterocycles. The number of thiophene rings is 1. The normalized spacial score (nSPS) is 13.9. The molecule has 20 heavy (non-hydrogen) atoms. The Bertz CT molecular complexity index is 671. The Morgan fingerprint density at radius 3 is 2.95 bits per heavy atom. The van der Waals surface area contributed by atoms with Gasteiger partial charge >= 0.3 is 0 Å². The Kier molecular flexibility index (Phi) is 3.51. The van der Waals surface area contributed by atoms with Crippen LogP contribution in [-0.2, 0) is 13.0 Å². The molecule has 0 bridgehead atoms. The fourth-order valence-corrected chi connectivity index (χ4v) is 3.74. The molecule has 2 aromatic rings. The molecule has 0 amide bonds. The van der Waals surface area contributed by atoms with Gasteiger partial charge in [0.15, 0.2) is 5.82 Å². The van der Waals surface area contributed by atoms with Crippen LogP contribution in [0.4, 0.5) is 10.8 Å². The summed E-state index contributed by atoms with van der Waals surface area (Å²) in [6.07, 6.45) is 2.81. The number of hydrogen-bond acceptors (Lipinski definition) is 7. The number of nitrogens with two attached hydrogens (primary N) is 1. The third kappa shape index (κ3) is 2.21. The number of hydrogen-bond donors (Lipinski definition) is 1. The Balaban J connectivity index is 1.86. The first-order valence-electron chi connectivity index (χ1n) is 6.15. The molecule has 102 valence electrons. The van der Waals surface area contributed by atoms with E-state index in [4.69, 9.17) is 11.0 Å². The fourth-order valence-electron chi connectivity index (χ4n) is 2.33. The van der Waals surface area contributed by atoms with Crippen molar-refractivity contribution in [1.82, 2.24) is 10.2 Å². The van der Waals surface area contributed by atoms with Gasteiger partial charge in [-0.25, -0.2) is 0 Å². The maximum atomic E-state index is 9.14. The molecule has 7 heteroatoms. The van der Waals surface area contributed by atoms with Crippen molar-refractivity contribution in [2.75, 3.05) is 23.4 Å². The zero-order valence-electron chi connectivity index (χ0n) is 11.0. The number of anilines is 2. The molecule has 3 heterocycles. The van der Waals surface area contributed by atoms with Crippen molar-refractivity contribution < 1.29 is 0 Å². The molecule has 0 fully saturated rings. The van der Waals surface area contributed by atoms with Gasteiger partial charge in [-0.2, -0.15) is 5.26 Å². The van der Waals surface area contributed by atoms with E-state index < -0.39 is 0 Å². The first kappa shape index (κ1) is 13.2. The Labute approximate surface area is 125 Å². The van der Waals surface area contributed by atoms with E-state index in [0.29, 0.717) is 10.6 Å².